The number of phenolic OH excluding ortho intramolecular Hbond substituents is 1. The summed E-state index contributed by atoms with van der Waals surface area (Å²) in [6.07, 6.45) is 1.58. The number of hydrogen-bond donors (Lipinski definition) is 5. The van der Waals surface area contributed by atoms with Crippen LogP contribution < -0.4 is 20.9 Å². The highest BCUT2D eigenvalue weighted by atomic mass is 16.6. The van der Waals surface area contributed by atoms with Crippen molar-refractivity contribution in [3.05, 3.63) is 53.6 Å². The second-order valence-electron chi connectivity index (χ2n) is 7.29. The summed E-state index contributed by atoms with van der Waals surface area (Å²) in [4.78, 5) is 14.0. The van der Waals surface area contributed by atoms with E-state index in [4.69, 9.17) is 36.5 Å². The van der Waals surface area contributed by atoms with Crippen molar-refractivity contribution in [1.82, 2.24) is 4.90 Å². The highest BCUT2D eigenvalue weighted by Crippen LogP contribution is 2.26. The van der Waals surface area contributed by atoms with E-state index in [1.165, 1.54) is 18.2 Å². The first-order valence-electron chi connectivity index (χ1n) is 10.2. The van der Waals surface area contributed by atoms with Crippen molar-refractivity contribution in [2.24, 2.45) is 11.5 Å². The maximum Gasteiger partial charge on any atom is 0.338 e. The van der Waals surface area contributed by atoms with E-state index in [-0.39, 0.29) is 42.6 Å². The summed E-state index contributed by atoms with van der Waals surface area (Å²) in [6.45, 7) is 1.38. The lowest BCUT2D eigenvalue weighted by atomic mass is 10.1. The fraction of sp³-hybridized carbons (Fsp3) is 0.318. The lowest BCUT2D eigenvalue weighted by Crippen LogP contribution is -2.44. The van der Waals surface area contributed by atoms with Crippen molar-refractivity contribution in [2.45, 2.75) is 18.9 Å². The number of carbonyl (C=O) groups excluding carboxylic acids is 1. The van der Waals surface area contributed by atoms with E-state index in [9.17, 15) is 9.90 Å². The van der Waals surface area contributed by atoms with E-state index in [2.05, 4.69) is 0 Å². The summed E-state index contributed by atoms with van der Waals surface area (Å²) in [5.74, 6) is 0.158. The molecule has 2 aromatic carbocycles. The summed E-state index contributed by atoms with van der Waals surface area (Å²) < 4.78 is 16.6. The van der Waals surface area contributed by atoms with Crippen LogP contribution in [0.5, 0.6) is 17.2 Å². The maximum atomic E-state index is 12.2. The number of rotatable bonds is 8. The number of aromatic hydroxyl groups is 1. The van der Waals surface area contributed by atoms with E-state index in [0.29, 0.717) is 30.0 Å². The molecule has 0 spiro atoms. The molecule has 10 heteroatoms. The molecule has 1 aliphatic rings. The van der Waals surface area contributed by atoms with E-state index in [0.717, 1.165) is 12.8 Å². The number of ether oxygens (including phenoxy) is 3. The van der Waals surface area contributed by atoms with Gasteiger partial charge in [-0.3, -0.25) is 10.8 Å². The number of benzene rings is 2. The zero-order valence-corrected chi connectivity index (χ0v) is 17.5. The topological polar surface area (TPSA) is 168 Å². The minimum Gasteiger partial charge on any atom is -0.504 e. The molecule has 0 radical (unpaired) electrons. The summed E-state index contributed by atoms with van der Waals surface area (Å²) in [5.41, 5.74) is 11.7. The summed E-state index contributed by atoms with van der Waals surface area (Å²) in [6, 6.07) is 11.0. The third-order valence-corrected chi connectivity index (χ3v) is 5.02. The predicted octanol–water partition coefficient (Wildman–Crippen LogP) is 1.65. The zero-order valence-electron chi connectivity index (χ0n) is 17.5. The van der Waals surface area contributed by atoms with E-state index < -0.39 is 5.97 Å². The molecule has 1 saturated heterocycles. The molecule has 0 amide bonds. The maximum absolute atomic E-state index is 12.2. The third kappa shape index (κ3) is 6.03. The number of hydrogen-bond acceptors (Lipinski definition) is 7. The number of nitrogen functional groups attached to an aromatic ring is 1. The molecule has 7 N–H and O–H groups in total. The van der Waals surface area contributed by atoms with E-state index in [1.807, 2.05) is 4.90 Å². The monoisotopic (exact) mass is 441 g/mol. The van der Waals surface area contributed by atoms with Crippen LogP contribution in [0.3, 0.4) is 0 Å². The van der Waals surface area contributed by atoms with Gasteiger partial charge in [0.1, 0.15) is 30.9 Å². The van der Waals surface area contributed by atoms with Crippen LogP contribution >= 0.6 is 0 Å². The molecule has 32 heavy (non-hydrogen) atoms. The van der Waals surface area contributed by atoms with Crippen LogP contribution in [0.1, 0.15) is 28.8 Å². The SMILES string of the molecule is N=C(N)c1ccc(O)c(OCCOC(=O)c2ccc(OC3CCN(C(=N)N)CC3)cc2)c1. The Hall–Kier alpha value is -3.95. The quantitative estimate of drug-likeness (QED) is 0.178. The third-order valence-electron chi connectivity index (χ3n) is 5.02. The van der Waals surface area contributed by atoms with Crippen LogP contribution in [0.25, 0.3) is 0 Å². The number of piperidine rings is 1. The molecule has 2 aromatic rings. The number of carbonyl (C=O) groups is 1. The molecule has 10 nitrogen and oxygen atoms in total. The van der Waals surface area contributed by atoms with Crippen molar-refractivity contribution in [3.63, 3.8) is 0 Å². The number of nitrogens with one attached hydrogen (secondary N) is 2. The Labute approximate surface area is 185 Å². The minimum atomic E-state index is -0.503. The summed E-state index contributed by atoms with van der Waals surface area (Å²) >= 11 is 0. The molecule has 1 heterocycles. The Balaban J connectivity index is 1.43. The van der Waals surface area contributed by atoms with Crippen LogP contribution in [0.2, 0.25) is 0 Å². The van der Waals surface area contributed by atoms with Crippen LogP contribution in [0.4, 0.5) is 0 Å². The predicted molar refractivity (Wildman–Crippen MR) is 118 cm³/mol. The first kappa shape index (κ1) is 22.7. The number of esters is 1. The smallest absolute Gasteiger partial charge is 0.338 e. The van der Waals surface area contributed by atoms with Crippen LogP contribution in [0.15, 0.2) is 42.5 Å². The van der Waals surface area contributed by atoms with Crippen molar-refractivity contribution >= 4 is 17.8 Å². The molecule has 170 valence electrons. The van der Waals surface area contributed by atoms with Gasteiger partial charge in [-0.2, -0.15) is 0 Å². The highest BCUT2D eigenvalue weighted by Gasteiger charge is 2.21. The molecular weight excluding hydrogens is 414 g/mol. The van der Waals surface area contributed by atoms with Gasteiger partial charge in [0.05, 0.1) is 5.56 Å². The van der Waals surface area contributed by atoms with Crippen LogP contribution in [-0.2, 0) is 4.74 Å². The van der Waals surface area contributed by atoms with Gasteiger partial charge in [-0.25, -0.2) is 4.79 Å². The van der Waals surface area contributed by atoms with Gasteiger partial charge in [-0.05, 0) is 42.5 Å². The lowest BCUT2D eigenvalue weighted by Gasteiger charge is -2.32. The number of nitrogens with two attached hydrogens (primary N) is 2. The average Bonchev–Trinajstić information content (AvgIpc) is 2.78. The second-order valence-corrected chi connectivity index (χ2v) is 7.29. The Kier molecular flexibility index (Phi) is 7.37. The van der Waals surface area contributed by atoms with Crippen LogP contribution in [-0.4, -0.2) is 60.2 Å². The lowest BCUT2D eigenvalue weighted by molar-refractivity contribution is 0.0449. The number of guanidine groups is 1. The molecule has 3 rings (SSSR count). The molecule has 0 atom stereocenters. The Morgan fingerprint density at radius 2 is 1.69 bits per heavy atom. The van der Waals surface area contributed by atoms with Gasteiger partial charge < -0.3 is 35.7 Å². The summed E-state index contributed by atoms with van der Waals surface area (Å²) in [7, 11) is 0. The Bertz CT molecular complexity index is 971. The van der Waals surface area contributed by atoms with Gasteiger partial charge in [0, 0.05) is 31.5 Å². The van der Waals surface area contributed by atoms with Crippen molar-refractivity contribution < 1.29 is 24.1 Å². The van der Waals surface area contributed by atoms with Gasteiger partial charge in [0.2, 0.25) is 0 Å². The zero-order chi connectivity index (χ0) is 23.1. The molecule has 1 aliphatic heterocycles. The highest BCUT2D eigenvalue weighted by molar-refractivity contribution is 5.95. The second kappa shape index (κ2) is 10.4. The molecule has 0 unspecified atom stereocenters. The van der Waals surface area contributed by atoms with Crippen molar-refractivity contribution in [2.75, 3.05) is 26.3 Å². The van der Waals surface area contributed by atoms with Crippen molar-refractivity contribution in [1.29, 1.82) is 10.8 Å². The molecule has 1 fully saturated rings. The largest absolute Gasteiger partial charge is 0.504 e. The first-order chi connectivity index (χ1) is 15.3. The average molecular weight is 441 g/mol. The van der Waals surface area contributed by atoms with Crippen molar-refractivity contribution in [3.8, 4) is 17.2 Å². The van der Waals surface area contributed by atoms with Gasteiger partial charge >= 0.3 is 5.97 Å². The Morgan fingerprint density at radius 1 is 1.03 bits per heavy atom. The molecule has 0 aliphatic carbocycles. The number of nitrogens with zero attached hydrogens (tertiary/aromatic N) is 1. The van der Waals surface area contributed by atoms with Crippen LogP contribution in [0, 0.1) is 10.8 Å². The van der Waals surface area contributed by atoms with Gasteiger partial charge in [-0.15, -0.1) is 0 Å². The first-order valence-corrected chi connectivity index (χ1v) is 10.2. The Morgan fingerprint density at radius 3 is 2.31 bits per heavy atom. The summed E-state index contributed by atoms with van der Waals surface area (Å²) in [5, 5.41) is 24.7. The molecule has 0 bridgehead atoms. The van der Waals surface area contributed by atoms with Gasteiger partial charge in [-0.1, -0.05) is 0 Å². The van der Waals surface area contributed by atoms with Gasteiger partial charge in [0.25, 0.3) is 0 Å². The number of likely N-dealkylation sites (tertiary alicyclic amines) is 1. The fourth-order valence-corrected chi connectivity index (χ4v) is 3.24. The molecular formula is C22H27N5O5. The van der Waals surface area contributed by atoms with E-state index in [1.54, 1.807) is 24.3 Å². The van der Waals surface area contributed by atoms with E-state index >= 15 is 0 Å². The van der Waals surface area contributed by atoms with Gasteiger partial charge in [0.15, 0.2) is 17.5 Å². The standard InChI is InChI=1S/C22H27N5O5/c23-20(24)15-3-6-18(28)19(13-15)30-11-12-31-21(29)14-1-4-16(5-2-14)32-17-7-9-27(10-8-17)22(25)26/h1-6,13,17,28H,7-12H2,(H3,23,24)(H3,25,26). The fourth-order valence-electron chi connectivity index (χ4n) is 3.24. The minimum absolute atomic E-state index is 0.0183. The molecule has 0 saturated carbocycles. The molecule has 0 aromatic heterocycles. The number of amidine groups is 1. The normalized spacial score (nSPS) is 13.9. The number of phenols is 1.